The summed E-state index contributed by atoms with van der Waals surface area (Å²) in [4.78, 5) is 12.1. The van der Waals surface area contributed by atoms with E-state index in [1.54, 1.807) is 0 Å². The molecule has 3 aromatic rings. The van der Waals surface area contributed by atoms with Crippen molar-refractivity contribution in [2.24, 2.45) is 0 Å². The van der Waals surface area contributed by atoms with Crippen molar-refractivity contribution in [2.75, 3.05) is 6.54 Å². The van der Waals surface area contributed by atoms with Crippen LogP contribution in [0.4, 0.5) is 0 Å². The number of nitrogens with one attached hydrogen (secondary N) is 1. The van der Waals surface area contributed by atoms with E-state index in [0.29, 0.717) is 30.3 Å². The first-order chi connectivity index (χ1) is 11.6. The maximum Gasteiger partial charge on any atom is 0.251 e. The van der Waals surface area contributed by atoms with E-state index >= 15 is 0 Å². The average Bonchev–Trinajstić information content (AvgIpc) is 3.07. The van der Waals surface area contributed by atoms with Gasteiger partial charge in [-0.15, -0.1) is 10.2 Å². The lowest BCUT2D eigenvalue weighted by molar-refractivity contribution is 0.0953. The number of aromatic nitrogens is 2. The summed E-state index contributed by atoms with van der Waals surface area (Å²) in [6, 6.07) is 15.3. The zero-order chi connectivity index (χ0) is 16.9. The average molecular weight is 321 g/mol. The van der Waals surface area contributed by atoms with Gasteiger partial charge in [0.05, 0.1) is 0 Å². The molecule has 0 saturated heterocycles. The standard InChI is InChI=1S/C19H19N3O2/c1-13-8-9-16(12-14(13)2)18(23)20-11-10-17-21-22-19(24-17)15-6-4-3-5-7-15/h3-9,12H,10-11H2,1-2H3,(H,20,23). The van der Waals surface area contributed by atoms with Gasteiger partial charge in [-0.05, 0) is 49.2 Å². The fraction of sp³-hybridized carbons (Fsp3) is 0.211. The number of aryl methyl sites for hydroxylation is 2. The maximum atomic E-state index is 12.1. The largest absolute Gasteiger partial charge is 0.421 e. The van der Waals surface area contributed by atoms with E-state index in [1.807, 2.05) is 62.4 Å². The van der Waals surface area contributed by atoms with Crippen molar-refractivity contribution in [3.8, 4) is 11.5 Å². The number of hydrogen-bond acceptors (Lipinski definition) is 4. The van der Waals surface area contributed by atoms with Crippen molar-refractivity contribution >= 4 is 5.91 Å². The Hall–Kier alpha value is -2.95. The maximum absolute atomic E-state index is 12.1. The summed E-state index contributed by atoms with van der Waals surface area (Å²) in [5.74, 6) is 0.904. The van der Waals surface area contributed by atoms with Crippen molar-refractivity contribution in [2.45, 2.75) is 20.3 Å². The summed E-state index contributed by atoms with van der Waals surface area (Å²) in [5, 5.41) is 10.9. The Kier molecular flexibility index (Phi) is 4.70. The third-order valence-electron chi connectivity index (χ3n) is 3.88. The van der Waals surface area contributed by atoms with Crippen molar-refractivity contribution in [1.82, 2.24) is 15.5 Å². The summed E-state index contributed by atoms with van der Waals surface area (Å²) in [6.45, 7) is 4.47. The lowest BCUT2D eigenvalue weighted by Gasteiger charge is -2.06. The SMILES string of the molecule is Cc1ccc(C(=O)NCCc2nnc(-c3ccccc3)o2)cc1C. The molecule has 122 valence electrons. The summed E-state index contributed by atoms with van der Waals surface area (Å²) < 4.78 is 5.62. The molecular weight excluding hydrogens is 302 g/mol. The molecule has 2 aromatic carbocycles. The second-order valence-corrected chi connectivity index (χ2v) is 5.67. The van der Waals surface area contributed by atoms with Gasteiger partial charge in [0, 0.05) is 24.1 Å². The minimum atomic E-state index is -0.0964. The normalized spacial score (nSPS) is 10.6. The second-order valence-electron chi connectivity index (χ2n) is 5.67. The molecule has 0 aliphatic carbocycles. The highest BCUT2D eigenvalue weighted by Crippen LogP contribution is 2.17. The zero-order valence-electron chi connectivity index (χ0n) is 13.7. The van der Waals surface area contributed by atoms with Gasteiger partial charge < -0.3 is 9.73 Å². The first-order valence-electron chi connectivity index (χ1n) is 7.87. The van der Waals surface area contributed by atoms with Crippen LogP contribution in [0, 0.1) is 13.8 Å². The van der Waals surface area contributed by atoms with Crippen molar-refractivity contribution < 1.29 is 9.21 Å². The van der Waals surface area contributed by atoms with Crippen LogP contribution in [0.25, 0.3) is 11.5 Å². The summed E-state index contributed by atoms with van der Waals surface area (Å²) in [5.41, 5.74) is 3.82. The third kappa shape index (κ3) is 3.68. The molecule has 1 heterocycles. The van der Waals surface area contributed by atoms with Crippen LogP contribution in [0.1, 0.15) is 27.4 Å². The number of amides is 1. The number of hydrogen-bond donors (Lipinski definition) is 1. The minimum Gasteiger partial charge on any atom is -0.421 e. The van der Waals surface area contributed by atoms with Crippen LogP contribution < -0.4 is 5.32 Å². The van der Waals surface area contributed by atoms with Crippen LogP contribution in [0.5, 0.6) is 0 Å². The fourth-order valence-corrected chi connectivity index (χ4v) is 2.32. The van der Waals surface area contributed by atoms with Crippen LogP contribution in [0.15, 0.2) is 52.9 Å². The van der Waals surface area contributed by atoms with Crippen molar-refractivity contribution in [3.05, 3.63) is 71.1 Å². The lowest BCUT2D eigenvalue weighted by atomic mass is 10.1. The highest BCUT2D eigenvalue weighted by molar-refractivity contribution is 5.94. The molecule has 0 spiro atoms. The quantitative estimate of drug-likeness (QED) is 0.782. The molecule has 0 atom stereocenters. The Morgan fingerprint density at radius 3 is 2.58 bits per heavy atom. The van der Waals surface area contributed by atoms with Gasteiger partial charge >= 0.3 is 0 Å². The molecule has 5 heteroatoms. The molecule has 0 aliphatic rings. The summed E-state index contributed by atoms with van der Waals surface area (Å²) >= 11 is 0. The molecule has 5 nitrogen and oxygen atoms in total. The fourth-order valence-electron chi connectivity index (χ4n) is 2.32. The molecule has 0 radical (unpaired) electrons. The number of rotatable bonds is 5. The van der Waals surface area contributed by atoms with Gasteiger partial charge in [0.1, 0.15) is 0 Å². The number of carbonyl (C=O) groups excluding carboxylic acids is 1. The molecule has 0 bridgehead atoms. The topological polar surface area (TPSA) is 68.0 Å². The van der Waals surface area contributed by atoms with E-state index in [9.17, 15) is 4.79 Å². The van der Waals surface area contributed by atoms with Gasteiger partial charge in [0.2, 0.25) is 11.8 Å². The van der Waals surface area contributed by atoms with Crippen LogP contribution in [-0.2, 0) is 6.42 Å². The first-order valence-corrected chi connectivity index (χ1v) is 7.87. The second kappa shape index (κ2) is 7.08. The molecule has 0 saturated carbocycles. The third-order valence-corrected chi connectivity index (χ3v) is 3.88. The molecular formula is C19H19N3O2. The molecule has 1 amide bonds. The van der Waals surface area contributed by atoms with Crippen molar-refractivity contribution in [1.29, 1.82) is 0 Å². The zero-order valence-corrected chi connectivity index (χ0v) is 13.7. The first kappa shape index (κ1) is 15.9. The monoisotopic (exact) mass is 321 g/mol. The Morgan fingerprint density at radius 2 is 1.83 bits per heavy atom. The van der Waals surface area contributed by atoms with E-state index in [1.165, 1.54) is 5.56 Å². The predicted molar refractivity (Wildman–Crippen MR) is 91.7 cm³/mol. The predicted octanol–water partition coefficient (Wildman–Crippen LogP) is 3.33. The number of nitrogens with zero attached hydrogens (tertiary/aromatic N) is 2. The molecule has 0 fully saturated rings. The van der Waals surface area contributed by atoms with Gasteiger partial charge in [-0.3, -0.25) is 4.79 Å². The van der Waals surface area contributed by atoms with Gasteiger partial charge in [-0.1, -0.05) is 24.3 Å². The van der Waals surface area contributed by atoms with Gasteiger partial charge in [-0.25, -0.2) is 0 Å². The van der Waals surface area contributed by atoms with Crippen molar-refractivity contribution in [3.63, 3.8) is 0 Å². The Bertz CT molecular complexity index is 841. The smallest absolute Gasteiger partial charge is 0.251 e. The molecule has 3 rings (SSSR count). The molecule has 0 unspecified atom stereocenters. The highest BCUT2D eigenvalue weighted by atomic mass is 16.4. The van der Waals surface area contributed by atoms with Crippen LogP contribution in [0.2, 0.25) is 0 Å². The van der Waals surface area contributed by atoms with E-state index in [-0.39, 0.29) is 5.91 Å². The van der Waals surface area contributed by atoms with Gasteiger partial charge in [0.25, 0.3) is 5.91 Å². The number of carbonyl (C=O) groups is 1. The molecule has 1 N–H and O–H groups in total. The highest BCUT2D eigenvalue weighted by Gasteiger charge is 2.10. The molecule has 24 heavy (non-hydrogen) atoms. The van der Waals surface area contributed by atoms with Gasteiger partial charge in [-0.2, -0.15) is 0 Å². The minimum absolute atomic E-state index is 0.0964. The molecule has 1 aromatic heterocycles. The van der Waals surface area contributed by atoms with E-state index in [0.717, 1.165) is 11.1 Å². The summed E-state index contributed by atoms with van der Waals surface area (Å²) in [7, 11) is 0. The van der Waals surface area contributed by atoms with E-state index in [4.69, 9.17) is 4.42 Å². The van der Waals surface area contributed by atoms with E-state index in [2.05, 4.69) is 15.5 Å². The lowest BCUT2D eigenvalue weighted by Crippen LogP contribution is -2.25. The van der Waals surface area contributed by atoms with Gasteiger partial charge in [0.15, 0.2) is 0 Å². The number of benzene rings is 2. The van der Waals surface area contributed by atoms with Crippen LogP contribution >= 0.6 is 0 Å². The van der Waals surface area contributed by atoms with Crippen LogP contribution in [-0.4, -0.2) is 22.6 Å². The Labute approximate surface area is 140 Å². The molecule has 0 aliphatic heterocycles. The summed E-state index contributed by atoms with van der Waals surface area (Å²) in [6.07, 6.45) is 0.496. The van der Waals surface area contributed by atoms with Crippen LogP contribution in [0.3, 0.4) is 0 Å². The van der Waals surface area contributed by atoms with E-state index < -0.39 is 0 Å². The Morgan fingerprint density at radius 1 is 1.04 bits per heavy atom. The Balaban J connectivity index is 1.56.